The summed E-state index contributed by atoms with van der Waals surface area (Å²) in [5, 5.41) is 10.1. The van der Waals surface area contributed by atoms with E-state index < -0.39 is 16.5 Å². The Labute approximate surface area is 208 Å². The SMILES string of the molecule is CC(=O)C/C(C/C(C)=N/N(Cc1ccccc1)[Si](C)(C)C)=N\N(Cc1ccccc1)[Si](C)(C)C. The molecule has 0 radical (unpaired) electrons. The molecular formula is C27H42N4OSi2. The van der Waals surface area contributed by atoms with Crippen molar-refractivity contribution < 1.29 is 4.79 Å². The lowest BCUT2D eigenvalue weighted by atomic mass is 10.1. The van der Waals surface area contributed by atoms with Crippen LogP contribution in [-0.2, 0) is 17.9 Å². The van der Waals surface area contributed by atoms with E-state index in [9.17, 15) is 4.79 Å². The van der Waals surface area contributed by atoms with Crippen molar-refractivity contribution in [3.8, 4) is 0 Å². The summed E-state index contributed by atoms with van der Waals surface area (Å²) in [4.78, 5) is 12.1. The average Bonchev–Trinajstić information content (AvgIpc) is 2.72. The number of carbonyl (C=O) groups is 1. The highest BCUT2D eigenvalue weighted by molar-refractivity contribution is 6.73. The van der Waals surface area contributed by atoms with Gasteiger partial charge in [-0.25, -0.2) is 0 Å². The smallest absolute Gasteiger partial charge is 0.169 e. The Kier molecular flexibility index (Phi) is 10.0. The third kappa shape index (κ3) is 9.77. The van der Waals surface area contributed by atoms with Gasteiger partial charge in [0.15, 0.2) is 16.5 Å². The second kappa shape index (κ2) is 12.3. The lowest BCUT2D eigenvalue weighted by Gasteiger charge is -2.33. The molecule has 2 aromatic rings. The van der Waals surface area contributed by atoms with Gasteiger partial charge in [-0.05, 0) is 25.0 Å². The third-order valence-electron chi connectivity index (χ3n) is 5.37. The molecule has 5 nitrogen and oxygen atoms in total. The van der Waals surface area contributed by atoms with Gasteiger partial charge in [0.1, 0.15) is 5.78 Å². The van der Waals surface area contributed by atoms with Gasteiger partial charge in [0.05, 0.1) is 18.8 Å². The van der Waals surface area contributed by atoms with Crippen molar-refractivity contribution in [1.29, 1.82) is 0 Å². The molecule has 0 saturated heterocycles. The fourth-order valence-corrected chi connectivity index (χ4v) is 5.71. The highest BCUT2D eigenvalue weighted by Gasteiger charge is 2.25. The molecule has 0 aliphatic carbocycles. The molecule has 0 N–H and O–H groups in total. The van der Waals surface area contributed by atoms with Gasteiger partial charge >= 0.3 is 0 Å². The lowest BCUT2D eigenvalue weighted by molar-refractivity contribution is -0.115. The van der Waals surface area contributed by atoms with E-state index in [0.717, 1.165) is 24.5 Å². The zero-order valence-corrected chi connectivity index (χ0v) is 24.3. The number of ketones is 1. The Morgan fingerprint density at radius 2 is 1.09 bits per heavy atom. The van der Waals surface area contributed by atoms with Crippen molar-refractivity contribution in [2.24, 2.45) is 10.2 Å². The molecule has 0 fully saturated rings. The predicted molar refractivity (Wildman–Crippen MR) is 151 cm³/mol. The van der Waals surface area contributed by atoms with Crippen LogP contribution in [0.2, 0.25) is 39.3 Å². The van der Waals surface area contributed by atoms with Gasteiger partial charge in [0.25, 0.3) is 0 Å². The van der Waals surface area contributed by atoms with Crippen LogP contribution < -0.4 is 0 Å². The lowest BCUT2D eigenvalue weighted by Crippen LogP contribution is -2.43. The Morgan fingerprint density at radius 3 is 1.47 bits per heavy atom. The van der Waals surface area contributed by atoms with Crippen molar-refractivity contribution in [1.82, 2.24) is 9.35 Å². The van der Waals surface area contributed by atoms with Gasteiger partial charge in [-0.1, -0.05) is 99.9 Å². The summed E-state index contributed by atoms with van der Waals surface area (Å²) in [5.41, 5.74) is 4.37. The van der Waals surface area contributed by atoms with Gasteiger partial charge in [0.2, 0.25) is 0 Å². The molecule has 184 valence electrons. The minimum Gasteiger partial charge on any atom is -0.320 e. The summed E-state index contributed by atoms with van der Waals surface area (Å²) in [5.74, 6) is 0.133. The van der Waals surface area contributed by atoms with E-state index in [0.29, 0.717) is 12.8 Å². The molecule has 0 unspecified atom stereocenters. The van der Waals surface area contributed by atoms with Crippen molar-refractivity contribution in [3.05, 3.63) is 71.8 Å². The first-order valence-electron chi connectivity index (χ1n) is 12.1. The summed E-state index contributed by atoms with van der Waals surface area (Å²) in [6, 6.07) is 20.9. The van der Waals surface area contributed by atoms with Crippen LogP contribution in [0.5, 0.6) is 0 Å². The quantitative estimate of drug-likeness (QED) is 0.186. The summed E-state index contributed by atoms with van der Waals surface area (Å²) < 4.78 is 4.50. The van der Waals surface area contributed by atoms with Crippen LogP contribution in [0.25, 0.3) is 0 Å². The van der Waals surface area contributed by atoms with E-state index in [1.165, 1.54) is 11.1 Å². The molecule has 2 aromatic carbocycles. The molecule has 2 rings (SSSR count). The Bertz CT molecular complexity index is 977. The number of carbonyl (C=O) groups excluding carboxylic acids is 1. The first-order valence-corrected chi connectivity index (χ1v) is 19.0. The molecule has 0 atom stereocenters. The molecule has 0 saturated carbocycles. The van der Waals surface area contributed by atoms with Crippen molar-refractivity contribution in [3.63, 3.8) is 0 Å². The molecule has 0 heterocycles. The standard InChI is InChI=1S/C27H42N4OSi2/c1-23(28-30(33(3,4)5)21-25-15-11-9-12-16-25)19-27(20-24(2)32)29-31(34(6,7)8)22-26-17-13-10-14-18-26/h9-18H,19-22H2,1-8H3/b28-23+,29-27-. The van der Waals surface area contributed by atoms with E-state index in [1.54, 1.807) is 6.92 Å². The Hall–Kier alpha value is -2.52. The summed E-state index contributed by atoms with van der Waals surface area (Å²) in [7, 11) is -3.45. The maximum absolute atomic E-state index is 12.1. The predicted octanol–water partition coefficient (Wildman–Crippen LogP) is 6.76. The van der Waals surface area contributed by atoms with Gasteiger partial charge < -0.3 is 9.35 Å². The van der Waals surface area contributed by atoms with Gasteiger partial charge in [-0.2, -0.15) is 10.2 Å². The summed E-state index contributed by atoms with van der Waals surface area (Å²) >= 11 is 0. The van der Waals surface area contributed by atoms with Crippen LogP contribution in [0.1, 0.15) is 37.8 Å². The first kappa shape index (κ1) is 27.7. The van der Waals surface area contributed by atoms with Gasteiger partial charge in [0, 0.05) is 18.6 Å². The van der Waals surface area contributed by atoms with E-state index in [-0.39, 0.29) is 5.78 Å². The first-order chi connectivity index (χ1) is 15.8. The zero-order valence-electron chi connectivity index (χ0n) is 22.3. The number of rotatable bonds is 12. The molecule has 0 aliphatic rings. The van der Waals surface area contributed by atoms with Crippen molar-refractivity contribution >= 4 is 33.7 Å². The topological polar surface area (TPSA) is 48.3 Å². The maximum atomic E-state index is 12.1. The third-order valence-corrected chi connectivity index (χ3v) is 8.98. The second-order valence-electron chi connectivity index (χ2n) is 11.0. The number of hydrogen-bond acceptors (Lipinski definition) is 5. The largest absolute Gasteiger partial charge is 0.320 e. The average molecular weight is 495 g/mol. The number of nitrogens with zero attached hydrogens (tertiary/aromatic N) is 4. The van der Waals surface area contributed by atoms with Crippen molar-refractivity contribution in [2.45, 2.75) is 79.1 Å². The Morgan fingerprint density at radius 1 is 0.676 bits per heavy atom. The molecular weight excluding hydrogens is 452 g/mol. The van der Waals surface area contributed by atoms with E-state index in [1.807, 2.05) is 12.1 Å². The van der Waals surface area contributed by atoms with Crippen LogP contribution in [0, 0.1) is 0 Å². The Balaban J connectivity index is 2.32. The highest BCUT2D eigenvalue weighted by atomic mass is 28.3. The monoisotopic (exact) mass is 494 g/mol. The summed E-state index contributed by atoms with van der Waals surface area (Å²) in [6.07, 6.45) is 0.958. The molecule has 0 spiro atoms. The highest BCUT2D eigenvalue weighted by Crippen LogP contribution is 2.18. The van der Waals surface area contributed by atoms with Gasteiger partial charge in [-0.3, -0.25) is 4.79 Å². The normalized spacial score (nSPS) is 13.1. The van der Waals surface area contributed by atoms with Crippen LogP contribution in [-0.4, -0.2) is 43.0 Å². The number of benzene rings is 2. The molecule has 0 aromatic heterocycles. The maximum Gasteiger partial charge on any atom is 0.169 e. The van der Waals surface area contributed by atoms with E-state index in [2.05, 4.69) is 104 Å². The van der Waals surface area contributed by atoms with E-state index in [4.69, 9.17) is 10.2 Å². The minimum atomic E-state index is -1.76. The fourth-order valence-electron chi connectivity index (χ4n) is 3.49. The van der Waals surface area contributed by atoms with E-state index >= 15 is 0 Å². The van der Waals surface area contributed by atoms with Crippen LogP contribution >= 0.6 is 0 Å². The number of Topliss-reactive ketones (excluding diaryl/α,β-unsaturated/α-hetero) is 1. The van der Waals surface area contributed by atoms with Crippen LogP contribution in [0.4, 0.5) is 0 Å². The number of hydrogen-bond donors (Lipinski definition) is 0. The van der Waals surface area contributed by atoms with Gasteiger partial charge in [-0.15, -0.1) is 0 Å². The molecule has 0 amide bonds. The number of hydrazone groups is 2. The van der Waals surface area contributed by atoms with Crippen molar-refractivity contribution in [2.75, 3.05) is 0 Å². The molecule has 0 aliphatic heterocycles. The van der Waals surface area contributed by atoms with Crippen LogP contribution in [0.3, 0.4) is 0 Å². The summed E-state index contributed by atoms with van der Waals surface area (Å²) in [6.45, 7) is 19.0. The molecule has 0 bridgehead atoms. The zero-order chi connectivity index (χ0) is 25.4. The minimum absolute atomic E-state index is 0.133. The van der Waals surface area contributed by atoms with Crippen LogP contribution in [0.15, 0.2) is 70.9 Å². The molecule has 34 heavy (non-hydrogen) atoms. The fraction of sp³-hybridized carbons (Fsp3) is 0.444. The molecule has 7 heteroatoms. The second-order valence-corrected chi connectivity index (χ2v) is 20.7.